The zero-order valence-corrected chi connectivity index (χ0v) is 15.5. The number of halogens is 1. The standard InChI is InChI=1S/C22H22FN2O3/c23-17-7-8-18-19(15-17)24-28-22(18)16-9-12-25(13-10-16)11-3-4-14-27-21-6-2-1-5-20(21)26/h1,3-8,15-16,26H,9-14H2/b4-3+. The highest BCUT2D eigenvalue weighted by molar-refractivity contribution is 5.80. The first-order valence-electron chi connectivity index (χ1n) is 9.45. The van der Waals surface area contributed by atoms with E-state index in [0.29, 0.717) is 23.8 Å². The molecule has 6 heteroatoms. The fraction of sp³-hybridized carbons (Fsp3) is 0.318. The van der Waals surface area contributed by atoms with Gasteiger partial charge in [0, 0.05) is 23.9 Å². The highest BCUT2D eigenvalue weighted by atomic mass is 19.1. The molecule has 0 amide bonds. The van der Waals surface area contributed by atoms with E-state index in [-0.39, 0.29) is 11.6 Å². The van der Waals surface area contributed by atoms with E-state index in [2.05, 4.69) is 22.2 Å². The summed E-state index contributed by atoms with van der Waals surface area (Å²) in [6.07, 6.45) is 6.01. The summed E-state index contributed by atoms with van der Waals surface area (Å²) in [5.74, 6) is 1.46. The number of aromatic hydroxyl groups is 1. The van der Waals surface area contributed by atoms with Gasteiger partial charge in [0.15, 0.2) is 11.5 Å². The molecule has 2 aromatic carbocycles. The fourth-order valence-electron chi connectivity index (χ4n) is 3.56. The molecule has 0 bridgehead atoms. The first-order chi connectivity index (χ1) is 13.7. The molecule has 1 aliphatic rings. The second-order valence-electron chi connectivity index (χ2n) is 6.96. The third kappa shape index (κ3) is 4.17. The molecule has 0 aliphatic carbocycles. The van der Waals surface area contributed by atoms with Crippen LogP contribution in [0, 0.1) is 11.9 Å². The van der Waals surface area contributed by atoms with E-state index in [4.69, 9.17) is 9.26 Å². The molecule has 1 fully saturated rings. The van der Waals surface area contributed by atoms with Crippen molar-refractivity contribution in [1.82, 2.24) is 10.1 Å². The van der Waals surface area contributed by atoms with Crippen LogP contribution in [0.1, 0.15) is 24.5 Å². The molecule has 5 nitrogen and oxygen atoms in total. The third-order valence-electron chi connectivity index (χ3n) is 5.10. The van der Waals surface area contributed by atoms with E-state index in [1.165, 1.54) is 12.1 Å². The van der Waals surface area contributed by atoms with E-state index in [1.54, 1.807) is 24.3 Å². The molecule has 0 saturated carbocycles. The number of phenols is 1. The lowest BCUT2D eigenvalue weighted by Crippen LogP contribution is -2.33. The number of phenolic OH excluding ortho intramolecular Hbond substituents is 1. The normalized spacial score (nSPS) is 16.2. The van der Waals surface area contributed by atoms with Gasteiger partial charge in [-0.3, -0.25) is 4.90 Å². The Hall–Kier alpha value is -2.86. The largest absolute Gasteiger partial charge is 0.504 e. The molecule has 1 aromatic heterocycles. The summed E-state index contributed by atoms with van der Waals surface area (Å²) < 4.78 is 24.3. The van der Waals surface area contributed by atoms with E-state index >= 15 is 0 Å². The first kappa shape index (κ1) is 18.5. The lowest BCUT2D eigenvalue weighted by atomic mass is 9.92. The van der Waals surface area contributed by atoms with Crippen LogP contribution in [0.2, 0.25) is 0 Å². The Morgan fingerprint density at radius 1 is 1.29 bits per heavy atom. The van der Waals surface area contributed by atoms with Gasteiger partial charge in [0.1, 0.15) is 23.7 Å². The van der Waals surface area contributed by atoms with Crippen molar-refractivity contribution in [3.63, 3.8) is 0 Å². The molecule has 2 heterocycles. The van der Waals surface area contributed by atoms with Gasteiger partial charge >= 0.3 is 0 Å². The Balaban J connectivity index is 1.24. The van der Waals surface area contributed by atoms with Gasteiger partial charge in [0.25, 0.3) is 0 Å². The smallest absolute Gasteiger partial charge is 0.162 e. The van der Waals surface area contributed by atoms with E-state index in [1.807, 2.05) is 6.08 Å². The maximum atomic E-state index is 13.3. The van der Waals surface area contributed by atoms with Gasteiger partial charge in [-0.05, 0) is 56.3 Å². The average molecular weight is 381 g/mol. The highest BCUT2D eigenvalue weighted by Crippen LogP contribution is 2.33. The number of rotatable bonds is 6. The number of hydrogen-bond acceptors (Lipinski definition) is 5. The van der Waals surface area contributed by atoms with Gasteiger partial charge in [-0.1, -0.05) is 23.4 Å². The van der Waals surface area contributed by atoms with Crippen molar-refractivity contribution in [2.45, 2.75) is 18.8 Å². The quantitative estimate of drug-likeness (QED) is 0.646. The van der Waals surface area contributed by atoms with E-state index in [0.717, 1.165) is 43.6 Å². The number of benzene rings is 2. The summed E-state index contributed by atoms with van der Waals surface area (Å²) in [5, 5.41) is 14.6. The minimum atomic E-state index is -0.293. The minimum absolute atomic E-state index is 0.122. The van der Waals surface area contributed by atoms with Gasteiger partial charge in [0.2, 0.25) is 0 Å². The van der Waals surface area contributed by atoms with E-state index < -0.39 is 0 Å². The first-order valence-corrected chi connectivity index (χ1v) is 9.45. The molecular formula is C22H22FN2O3. The SMILES string of the molecule is Oc1cc[c]cc1OC/C=C/CN1CCC(c2onc3cc(F)ccc23)CC1. The number of piperidine rings is 1. The molecule has 0 spiro atoms. The van der Waals surface area contributed by atoms with E-state index in [9.17, 15) is 9.50 Å². The zero-order valence-electron chi connectivity index (χ0n) is 15.5. The number of hydrogen-bond donors (Lipinski definition) is 1. The Morgan fingerprint density at radius 3 is 2.96 bits per heavy atom. The predicted octanol–water partition coefficient (Wildman–Crippen LogP) is 4.29. The molecule has 145 valence electrons. The van der Waals surface area contributed by atoms with Crippen LogP contribution >= 0.6 is 0 Å². The second kappa shape index (κ2) is 8.44. The van der Waals surface area contributed by atoms with Gasteiger partial charge in [0.05, 0.1) is 0 Å². The number of fused-ring (bicyclic) bond motifs is 1. The van der Waals surface area contributed by atoms with Crippen molar-refractivity contribution in [3.05, 3.63) is 66.2 Å². The number of likely N-dealkylation sites (tertiary alicyclic amines) is 1. The maximum absolute atomic E-state index is 13.3. The van der Waals surface area contributed by atoms with Crippen LogP contribution in [0.25, 0.3) is 10.9 Å². The summed E-state index contributed by atoms with van der Waals surface area (Å²) in [6.45, 7) is 3.19. The maximum Gasteiger partial charge on any atom is 0.162 e. The molecule has 4 rings (SSSR count). The Labute approximate surface area is 163 Å². The average Bonchev–Trinajstić information content (AvgIpc) is 3.12. The van der Waals surface area contributed by atoms with Crippen LogP contribution in [0.3, 0.4) is 0 Å². The number of nitrogens with zero attached hydrogens (tertiary/aromatic N) is 2. The monoisotopic (exact) mass is 381 g/mol. The Bertz CT molecular complexity index is 961. The molecule has 0 atom stereocenters. The Morgan fingerprint density at radius 2 is 2.14 bits per heavy atom. The summed E-state index contributed by atoms with van der Waals surface area (Å²) in [5.41, 5.74) is 0.586. The van der Waals surface area contributed by atoms with Crippen molar-refractivity contribution >= 4 is 10.9 Å². The van der Waals surface area contributed by atoms with Crippen molar-refractivity contribution < 1.29 is 18.8 Å². The highest BCUT2D eigenvalue weighted by Gasteiger charge is 2.25. The van der Waals surface area contributed by atoms with Crippen LogP contribution in [0.15, 0.2) is 53.1 Å². The molecule has 1 aliphatic heterocycles. The van der Waals surface area contributed by atoms with Crippen LogP contribution in [0.5, 0.6) is 11.5 Å². The van der Waals surface area contributed by atoms with Crippen molar-refractivity contribution in [2.75, 3.05) is 26.2 Å². The topological polar surface area (TPSA) is 58.7 Å². The fourth-order valence-corrected chi connectivity index (χ4v) is 3.56. The summed E-state index contributed by atoms with van der Waals surface area (Å²) in [7, 11) is 0. The van der Waals surface area contributed by atoms with Gasteiger partial charge < -0.3 is 14.4 Å². The van der Waals surface area contributed by atoms with Crippen LogP contribution in [0.4, 0.5) is 4.39 Å². The van der Waals surface area contributed by atoms with Crippen LogP contribution in [-0.2, 0) is 0 Å². The van der Waals surface area contributed by atoms with Gasteiger partial charge in [-0.25, -0.2) is 4.39 Å². The van der Waals surface area contributed by atoms with Gasteiger partial charge in [-0.15, -0.1) is 0 Å². The van der Waals surface area contributed by atoms with Crippen molar-refractivity contribution in [1.29, 1.82) is 0 Å². The summed E-state index contributed by atoms with van der Waals surface area (Å²) in [4.78, 5) is 2.37. The Kier molecular flexibility index (Phi) is 5.58. The lowest BCUT2D eigenvalue weighted by Gasteiger charge is -2.30. The van der Waals surface area contributed by atoms with Crippen molar-refractivity contribution in [3.8, 4) is 11.5 Å². The summed E-state index contributed by atoms with van der Waals surface area (Å²) in [6, 6.07) is 12.3. The molecule has 3 aromatic rings. The van der Waals surface area contributed by atoms with Crippen LogP contribution < -0.4 is 4.74 Å². The molecule has 28 heavy (non-hydrogen) atoms. The number of aromatic nitrogens is 1. The molecule has 1 N–H and O–H groups in total. The summed E-state index contributed by atoms with van der Waals surface area (Å²) >= 11 is 0. The minimum Gasteiger partial charge on any atom is -0.504 e. The zero-order chi connectivity index (χ0) is 19.3. The molecular weight excluding hydrogens is 359 g/mol. The molecule has 0 unspecified atom stereocenters. The van der Waals surface area contributed by atoms with Gasteiger partial charge in [-0.2, -0.15) is 0 Å². The number of ether oxygens (including phenoxy) is 1. The molecule has 1 radical (unpaired) electrons. The third-order valence-corrected chi connectivity index (χ3v) is 5.10. The van der Waals surface area contributed by atoms with Crippen molar-refractivity contribution in [2.24, 2.45) is 0 Å². The predicted molar refractivity (Wildman–Crippen MR) is 104 cm³/mol. The lowest BCUT2D eigenvalue weighted by molar-refractivity contribution is 0.214. The molecule has 1 saturated heterocycles. The van der Waals surface area contributed by atoms with Crippen LogP contribution in [-0.4, -0.2) is 41.4 Å². The second-order valence-corrected chi connectivity index (χ2v) is 6.96.